The standard InChI is InChI=1S/C23H26N8O2/c1-15(2)24-21(32)19-14-20-25-22(26-23(31(20)28-19)29-9-11-33-12-10-29)30-8-7-18(27-30)17-6-4-5-16(3)13-17/h4-8,13-15H,9-12H2,1-3H3,(H,24,32). The molecule has 1 N–H and O–H groups in total. The molecule has 4 heterocycles. The minimum atomic E-state index is -0.245. The maximum atomic E-state index is 12.6. The average molecular weight is 447 g/mol. The second-order valence-electron chi connectivity index (χ2n) is 8.37. The zero-order valence-corrected chi connectivity index (χ0v) is 18.9. The summed E-state index contributed by atoms with van der Waals surface area (Å²) in [4.78, 5) is 24.1. The van der Waals surface area contributed by atoms with Crippen molar-refractivity contribution < 1.29 is 9.53 Å². The number of benzene rings is 1. The Balaban J connectivity index is 1.58. The molecule has 1 aromatic carbocycles. The summed E-state index contributed by atoms with van der Waals surface area (Å²) in [7, 11) is 0. The quantitative estimate of drug-likeness (QED) is 0.502. The molecule has 33 heavy (non-hydrogen) atoms. The van der Waals surface area contributed by atoms with Gasteiger partial charge in [-0.3, -0.25) is 4.79 Å². The second kappa shape index (κ2) is 8.62. The van der Waals surface area contributed by atoms with Crippen LogP contribution in [0.4, 0.5) is 5.95 Å². The highest BCUT2D eigenvalue weighted by molar-refractivity contribution is 5.93. The first-order valence-electron chi connectivity index (χ1n) is 11.0. The highest BCUT2D eigenvalue weighted by Crippen LogP contribution is 2.21. The van der Waals surface area contributed by atoms with Crippen LogP contribution in [0.1, 0.15) is 29.9 Å². The number of hydrogen-bond donors (Lipinski definition) is 1. The summed E-state index contributed by atoms with van der Waals surface area (Å²) in [5.74, 6) is 0.777. The van der Waals surface area contributed by atoms with Crippen molar-refractivity contribution in [3.05, 3.63) is 53.9 Å². The molecule has 0 atom stereocenters. The highest BCUT2D eigenvalue weighted by Gasteiger charge is 2.22. The Morgan fingerprint density at radius 1 is 1.09 bits per heavy atom. The van der Waals surface area contributed by atoms with Crippen molar-refractivity contribution in [2.24, 2.45) is 0 Å². The van der Waals surface area contributed by atoms with Crippen molar-refractivity contribution in [2.75, 3.05) is 31.2 Å². The van der Waals surface area contributed by atoms with Crippen LogP contribution in [-0.4, -0.2) is 67.6 Å². The van der Waals surface area contributed by atoms with Gasteiger partial charge in [0.2, 0.25) is 5.95 Å². The van der Waals surface area contributed by atoms with Crippen LogP contribution in [0.15, 0.2) is 42.6 Å². The Morgan fingerprint density at radius 3 is 2.67 bits per heavy atom. The van der Waals surface area contributed by atoms with Crippen LogP contribution in [0.2, 0.25) is 0 Å². The van der Waals surface area contributed by atoms with Gasteiger partial charge in [-0.05, 0) is 32.9 Å². The highest BCUT2D eigenvalue weighted by atomic mass is 16.5. The number of nitrogens with one attached hydrogen (secondary N) is 1. The monoisotopic (exact) mass is 446 g/mol. The Morgan fingerprint density at radius 2 is 1.91 bits per heavy atom. The molecule has 1 saturated heterocycles. The number of anilines is 1. The molecule has 0 saturated carbocycles. The van der Waals surface area contributed by atoms with E-state index in [1.54, 1.807) is 15.3 Å². The molecule has 1 fully saturated rings. The Labute approximate surface area is 191 Å². The van der Waals surface area contributed by atoms with Crippen LogP contribution in [-0.2, 0) is 4.74 Å². The first-order chi connectivity index (χ1) is 16.0. The first-order valence-corrected chi connectivity index (χ1v) is 11.0. The second-order valence-corrected chi connectivity index (χ2v) is 8.37. The summed E-state index contributed by atoms with van der Waals surface area (Å²) in [6, 6.07) is 11.8. The van der Waals surface area contributed by atoms with Crippen molar-refractivity contribution in [3.8, 4) is 17.2 Å². The smallest absolute Gasteiger partial charge is 0.272 e. The Hall–Kier alpha value is -3.79. The molecule has 1 aliphatic heterocycles. The van der Waals surface area contributed by atoms with Gasteiger partial charge in [0, 0.05) is 37.0 Å². The van der Waals surface area contributed by atoms with Crippen LogP contribution in [0.25, 0.3) is 22.9 Å². The predicted molar refractivity (Wildman–Crippen MR) is 124 cm³/mol. The third kappa shape index (κ3) is 4.29. The van der Waals surface area contributed by atoms with Crippen LogP contribution < -0.4 is 10.2 Å². The molecule has 1 aliphatic rings. The first kappa shape index (κ1) is 21.1. The fraction of sp³-hybridized carbons (Fsp3) is 0.348. The summed E-state index contributed by atoms with van der Waals surface area (Å²) in [5.41, 5.74) is 3.86. The number of amides is 1. The van der Waals surface area contributed by atoms with Crippen molar-refractivity contribution in [2.45, 2.75) is 26.8 Å². The number of hydrogen-bond acceptors (Lipinski definition) is 7. The number of aromatic nitrogens is 6. The lowest BCUT2D eigenvalue weighted by atomic mass is 10.1. The predicted octanol–water partition coefficient (Wildman–Crippen LogP) is 2.26. The SMILES string of the molecule is Cc1cccc(-c2ccn(-c3nc(N4CCOCC4)n4nc(C(=O)NC(C)C)cc4n3)n2)c1. The summed E-state index contributed by atoms with van der Waals surface area (Å²) in [5, 5.41) is 12.1. The van der Waals surface area contributed by atoms with Crippen LogP contribution in [0.5, 0.6) is 0 Å². The van der Waals surface area contributed by atoms with Gasteiger partial charge in [0.15, 0.2) is 11.3 Å². The van der Waals surface area contributed by atoms with E-state index in [1.807, 2.05) is 38.2 Å². The lowest BCUT2D eigenvalue weighted by Crippen LogP contribution is -2.38. The number of aryl methyl sites for hydroxylation is 1. The molecular weight excluding hydrogens is 420 g/mol. The molecule has 0 bridgehead atoms. The number of morpholine rings is 1. The molecule has 0 radical (unpaired) electrons. The molecule has 170 valence electrons. The van der Waals surface area contributed by atoms with E-state index in [0.717, 1.165) is 11.3 Å². The Bertz CT molecular complexity index is 1300. The fourth-order valence-electron chi connectivity index (χ4n) is 3.77. The zero-order chi connectivity index (χ0) is 22.9. The number of ether oxygens (including phenoxy) is 1. The van der Waals surface area contributed by atoms with Crippen molar-refractivity contribution in [1.82, 2.24) is 34.7 Å². The van der Waals surface area contributed by atoms with Gasteiger partial charge in [0.25, 0.3) is 11.9 Å². The van der Waals surface area contributed by atoms with E-state index in [2.05, 4.69) is 39.4 Å². The average Bonchev–Trinajstić information content (AvgIpc) is 3.46. The normalized spacial score (nSPS) is 14.2. The van der Waals surface area contributed by atoms with Crippen molar-refractivity contribution >= 4 is 17.5 Å². The topological polar surface area (TPSA) is 102 Å². The number of carbonyl (C=O) groups is 1. The molecule has 4 aromatic rings. The maximum absolute atomic E-state index is 12.6. The number of rotatable bonds is 5. The van der Waals surface area contributed by atoms with Gasteiger partial charge in [-0.1, -0.05) is 23.8 Å². The molecule has 1 amide bonds. The van der Waals surface area contributed by atoms with Crippen molar-refractivity contribution in [3.63, 3.8) is 0 Å². The third-order valence-electron chi connectivity index (χ3n) is 5.35. The van der Waals surface area contributed by atoms with E-state index in [9.17, 15) is 4.79 Å². The summed E-state index contributed by atoms with van der Waals surface area (Å²) < 4.78 is 8.78. The zero-order valence-electron chi connectivity index (χ0n) is 18.9. The number of fused-ring (bicyclic) bond motifs is 1. The largest absolute Gasteiger partial charge is 0.378 e. The van der Waals surface area contributed by atoms with E-state index in [4.69, 9.17) is 14.8 Å². The molecule has 10 heteroatoms. The van der Waals surface area contributed by atoms with Crippen LogP contribution >= 0.6 is 0 Å². The van der Waals surface area contributed by atoms with Gasteiger partial charge in [0.1, 0.15) is 0 Å². The summed E-state index contributed by atoms with van der Waals surface area (Å²) in [6.07, 6.45) is 1.84. The maximum Gasteiger partial charge on any atom is 0.272 e. The third-order valence-corrected chi connectivity index (χ3v) is 5.35. The molecule has 0 spiro atoms. The van der Waals surface area contributed by atoms with Crippen LogP contribution in [0, 0.1) is 6.92 Å². The fourth-order valence-corrected chi connectivity index (χ4v) is 3.77. The van der Waals surface area contributed by atoms with E-state index in [-0.39, 0.29) is 11.9 Å². The molecule has 10 nitrogen and oxygen atoms in total. The van der Waals surface area contributed by atoms with Gasteiger partial charge in [-0.15, -0.1) is 0 Å². The lowest BCUT2D eigenvalue weighted by molar-refractivity contribution is 0.0937. The molecule has 5 rings (SSSR count). The minimum Gasteiger partial charge on any atom is -0.378 e. The van der Waals surface area contributed by atoms with Gasteiger partial charge < -0.3 is 15.0 Å². The number of carbonyl (C=O) groups excluding carboxylic acids is 1. The van der Waals surface area contributed by atoms with Gasteiger partial charge in [0.05, 0.1) is 18.9 Å². The summed E-state index contributed by atoms with van der Waals surface area (Å²) in [6.45, 7) is 8.42. The molecule has 0 aliphatic carbocycles. The van der Waals surface area contributed by atoms with E-state index >= 15 is 0 Å². The van der Waals surface area contributed by atoms with Crippen LogP contribution in [0.3, 0.4) is 0 Å². The number of nitrogens with zero attached hydrogens (tertiary/aromatic N) is 7. The Kier molecular flexibility index (Phi) is 5.51. The molecule has 0 unspecified atom stereocenters. The van der Waals surface area contributed by atoms with Crippen molar-refractivity contribution in [1.29, 1.82) is 0 Å². The van der Waals surface area contributed by atoms with E-state index < -0.39 is 0 Å². The lowest BCUT2D eigenvalue weighted by Gasteiger charge is -2.27. The van der Waals surface area contributed by atoms with Gasteiger partial charge in [-0.25, -0.2) is 4.68 Å². The minimum absolute atomic E-state index is 0.00629. The van der Waals surface area contributed by atoms with Gasteiger partial charge in [-0.2, -0.15) is 24.7 Å². The van der Waals surface area contributed by atoms with E-state index in [0.29, 0.717) is 49.5 Å². The molecule has 3 aromatic heterocycles. The summed E-state index contributed by atoms with van der Waals surface area (Å²) >= 11 is 0. The molecular formula is C23H26N8O2. The van der Waals surface area contributed by atoms with Gasteiger partial charge >= 0.3 is 0 Å². The van der Waals surface area contributed by atoms with E-state index in [1.165, 1.54) is 5.56 Å².